The van der Waals surface area contributed by atoms with Gasteiger partial charge in [0, 0.05) is 12.2 Å². The molecule has 0 spiro atoms. The van der Waals surface area contributed by atoms with Crippen LogP contribution in [0.15, 0.2) is 30.3 Å². The van der Waals surface area contributed by atoms with Crippen LogP contribution in [0.25, 0.3) is 0 Å². The SMILES string of the molecule is CCOC(O[Si](CC)(CC)CC)c1ccccc1. The van der Waals surface area contributed by atoms with Crippen LogP contribution >= 0.6 is 0 Å². The monoisotopic (exact) mass is 266 g/mol. The molecule has 0 bridgehead atoms. The first kappa shape index (κ1) is 15.4. The van der Waals surface area contributed by atoms with E-state index in [0.29, 0.717) is 6.61 Å². The molecule has 0 aromatic heterocycles. The molecule has 0 N–H and O–H groups in total. The fraction of sp³-hybridized carbons (Fsp3) is 0.600. The van der Waals surface area contributed by atoms with Gasteiger partial charge < -0.3 is 9.16 Å². The van der Waals surface area contributed by atoms with Gasteiger partial charge in [0.25, 0.3) is 0 Å². The van der Waals surface area contributed by atoms with Crippen LogP contribution in [-0.2, 0) is 9.16 Å². The Labute approximate surface area is 112 Å². The fourth-order valence-electron chi connectivity index (χ4n) is 2.19. The van der Waals surface area contributed by atoms with Gasteiger partial charge in [-0.3, -0.25) is 0 Å². The van der Waals surface area contributed by atoms with Crippen molar-refractivity contribution in [1.29, 1.82) is 0 Å². The zero-order valence-corrected chi connectivity index (χ0v) is 13.1. The summed E-state index contributed by atoms with van der Waals surface area (Å²) in [5.41, 5.74) is 1.13. The molecule has 102 valence electrons. The molecule has 0 aliphatic heterocycles. The van der Waals surface area contributed by atoms with Crippen LogP contribution in [0.3, 0.4) is 0 Å². The molecule has 0 saturated carbocycles. The van der Waals surface area contributed by atoms with Crippen molar-refractivity contribution >= 4 is 8.32 Å². The first-order chi connectivity index (χ1) is 8.71. The van der Waals surface area contributed by atoms with E-state index >= 15 is 0 Å². The number of hydrogen-bond donors (Lipinski definition) is 0. The minimum atomic E-state index is -1.63. The van der Waals surface area contributed by atoms with Crippen molar-refractivity contribution in [2.45, 2.75) is 52.1 Å². The highest BCUT2D eigenvalue weighted by Gasteiger charge is 2.32. The van der Waals surface area contributed by atoms with Crippen molar-refractivity contribution in [3.8, 4) is 0 Å². The molecule has 18 heavy (non-hydrogen) atoms. The molecule has 1 aromatic carbocycles. The lowest BCUT2D eigenvalue weighted by Crippen LogP contribution is -2.37. The van der Waals surface area contributed by atoms with Crippen LogP contribution in [0.4, 0.5) is 0 Å². The average Bonchev–Trinajstić information content (AvgIpc) is 2.45. The van der Waals surface area contributed by atoms with Crippen molar-refractivity contribution in [2.24, 2.45) is 0 Å². The quantitative estimate of drug-likeness (QED) is 0.499. The molecule has 2 nitrogen and oxygen atoms in total. The summed E-state index contributed by atoms with van der Waals surface area (Å²) in [5, 5.41) is 0. The van der Waals surface area contributed by atoms with E-state index in [2.05, 4.69) is 32.9 Å². The summed E-state index contributed by atoms with van der Waals surface area (Å²) < 4.78 is 12.2. The third-order valence-electron chi connectivity index (χ3n) is 3.68. The van der Waals surface area contributed by atoms with Gasteiger partial charge in [-0.15, -0.1) is 0 Å². The molecule has 1 rings (SSSR count). The van der Waals surface area contributed by atoms with Crippen LogP contribution in [0, 0.1) is 0 Å². The summed E-state index contributed by atoms with van der Waals surface area (Å²) in [6, 6.07) is 13.7. The smallest absolute Gasteiger partial charge is 0.195 e. The zero-order chi connectivity index (χ0) is 13.4. The van der Waals surface area contributed by atoms with Gasteiger partial charge in [0.05, 0.1) is 0 Å². The van der Waals surface area contributed by atoms with Gasteiger partial charge in [0.1, 0.15) is 0 Å². The Morgan fingerprint density at radius 2 is 1.50 bits per heavy atom. The maximum atomic E-state index is 6.43. The predicted molar refractivity (Wildman–Crippen MR) is 79.1 cm³/mol. The third kappa shape index (κ3) is 3.94. The van der Waals surface area contributed by atoms with E-state index in [4.69, 9.17) is 9.16 Å². The average molecular weight is 266 g/mol. The highest BCUT2D eigenvalue weighted by molar-refractivity contribution is 6.73. The zero-order valence-electron chi connectivity index (χ0n) is 12.1. The topological polar surface area (TPSA) is 18.5 Å². The normalized spacial score (nSPS) is 13.6. The molecule has 0 heterocycles. The van der Waals surface area contributed by atoms with Gasteiger partial charge in [-0.05, 0) is 25.1 Å². The van der Waals surface area contributed by atoms with Crippen molar-refractivity contribution in [2.75, 3.05) is 6.61 Å². The van der Waals surface area contributed by atoms with Crippen LogP contribution in [0.5, 0.6) is 0 Å². The third-order valence-corrected chi connectivity index (χ3v) is 8.26. The Bertz CT molecular complexity index is 314. The largest absolute Gasteiger partial charge is 0.389 e. The molecular formula is C15H26O2Si. The summed E-state index contributed by atoms with van der Waals surface area (Å²) >= 11 is 0. The fourth-order valence-corrected chi connectivity index (χ4v) is 4.85. The minimum absolute atomic E-state index is 0.192. The molecule has 3 heteroatoms. The van der Waals surface area contributed by atoms with Gasteiger partial charge in [0.2, 0.25) is 0 Å². The molecule has 0 radical (unpaired) electrons. The van der Waals surface area contributed by atoms with Crippen LogP contribution in [-0.4, -0.2) is 14.9 Å². The molecule has 1 aromatic rings. The molecule has 0 fully saturated rings. The lowest BCUT2D eigenvalue weighted by molar-refractivity contribution is -0.0863. The van der Waals surface area contributed by atoms with Crippen molar-refractivity contribution in [3.05, 3.63) is 35.9 Å². The summed E-state index contributed by atoms with van der Waals surface area (Å²) in [6.45, 7) is 9.43. The first-order valence-electron chi connectivity index (χ1n) is 7.05. The molecule has 1 unspecified atom stereocenters. The summed E-state index contributed by atoms with van der Waals surface area (Å²) in [5.74, 6) is 0. The highest BCUT2D eigenvalue weighted by Crippen LogP contribution is 2.30. The second-order valence-electron chi connectivity index (χ2n) is 4.56. The Morgan fingerprint density at radius 3 is 1.94 bits per heavy atom. The molecule has 0 amide bonds. The van der Waals surface area contributed by atoms with Crippen molar-refractivity contribution < 1.29 is 9.16 Å². The van der Waals surface area contributed by atoms with Crippen molar-refractivity contribution in [3.63, 3.8) is 0 Å². The highest BCUT2D eigenvalue weighted by atomic mass is 28.4. The Balaban J connectivity index is 2.86. The van der Waals surface area contributed by atoms with E-state index in [9.17, 15) is 0 Å². The van der Waals surface area contributed by atoms with Gasteiger partial charge in [-0.1, -0.05) is 51.1 Å². The van der Waals surface area contributed by atoms with Gasteiger partial charge >= 0.3 is 0 Å². The molecule has 0 aliphatic rings. The molecular weight excluding hydrogens is 240 g/mol. The lowest BCUT2D eigenvalue weighted by atomic mass is 10.2. The van der Waals surface area contributed by atoms with E-state index in [1.165, 1.54) is 0 Å². The second-order valence-corrected chi connectivity index (χ2v) is 9.28. The predicted octanol–water partition coefficient (Wildman–Crippen LogP) is 4.74. The second kappa shape index (κ2) is 7.72. The van der Waals surface area contributed by atoms with Gasteiger partial charge in [0.15, 0.2) is 14.6 Å². The Hall–Kier alpha value is -0.643. The van der Waals surface area contributed by atoms with E-state index < -0.39 is 8.32 Å². The Kier molecular flexibility index (Phi) is 6.61. The maximum Gasteiger partial charge on any atom is 0.195 e. The Morgan fingerprint density at radius 1 is 0.944 bits per heavy atom. The number of hydrogen-bond acceptors (Lipinski definition) is 2. The van der Waals surface area contributed by atoms with E-state index in [1.54, 1.807) is 0 Å². The molecule has 0 aliphatic carbocycles. The van der Waals surface area contributed by atoms with Gasteiger partial charge in [-0.25, -0.2) is 0 Å². The number of rotatable bonds is 8. The van der Waals surface area contributed by atoms with Crippen LogP contribution in [0.1, 0.15) is 39.5 Å². The van der Waals surface area contributed by atoms with Gasteiger partial charge in [-0.2, -0.15) is 0 Å². The first-order valence-corrected chi connectivity index (χ1v) is 9.58. The summed E-state index contributed by atoms with van der Waals surface area (Å²) in [4.78, 5) is 0. The standard InChI is InChI=1S/C15H26O2Si/c1-5-16-15(14-12-10-9-11-13-14)17-18(6-2,7-3)8-4/h9-13,15H,5-8H2,1-4H3. The van der Waals surface area contributed by atoms with Crippen LogP contribution in [0.2, 0.25) is 18.1 Å². The maximum absolute atomic E-state index is 6.43. The summed E-state index contributed by atoms with van der Waals surface area (Å²) in [6.07, 6.45) is -0.192. The van der Waals surface area contributed by atoms with E-state index in [0.717, 1.165) is 23.7 Å². The molecule has 0 saturated heterocycles. The van der Waals surface area contributed by atoms with Crippen molar-refractivity contribution in [1.82, 2.24) is 0 Å². The number of benzene rings is 1. The molecule has 1 atom stereocenters. The van der Waals surface area contributed by atoms with E-state index in [-0.39, 0.29) is 6.29 Å². The lowest BCUT2D eigenvalue weighted by Gasteiger charge is -2.33. The van der Waals surface area contributed by atoms with E-state index in [1.807, 2.05) is 25.1 Å². The number of ether oxygens (including phenoxy) is 1. The summed E-state index contributed by atoms with van der Waals surface area (Å²) in [7, 11) is -1.63. The minimum Gasteiger partial charge on any atom is -0.389 e. The van der Waals surface area contributed by atoms with Crippen LogP contribution < -0.4 is 0 Å².